The van der Waals surface area contributed by atoms with Gasteiger partial charge in [-0.15, -0.1) is 11.3 Å². The van der Waals surface area contributed by atoms with Crippen LogP contribution in [0.15, 0.2) is 22.3 Å². The summed E-state index contributed by atoms with van der Waals surface area (Å²) in [5.41, 5.74) is 1.60. The average Bonchev–Trinajstić information content (AvgIpc) is 3.20. The van der Waals surface area contributed by atoms with Crippen molar-refractivity contribution < 1.29 is 4.79 Å². The first-order valence-corrected chi connectivity index (χ1v) is 9.85. The van der Waals surface area contributed by atoms with Gasteiger partial charge in [0, 0.05) is 39.1 Å². The number of carbonyl (C=O) groups excluding carboxylic acids is 1. The molecule has 0 atom stereocenters. The van der Waals surface area contributed by atoms with E-state index in [0.717, 1.165) is 42.2 Å². The van der Waals surface area contributed by atoms with Gasteiger partial charge in [0.25, 0.3) is 5.56 Å². The summed E-state index contributed by atoms with van der Waals surface area (Å²) in [5.74, 6) is 0.963. The lowest BCUT2D eigenvalue weighted by atomic mass is 10.2. The molecular formula is C18H23N5O2S. The molecule has 1 amide bonds. The Bertz CT molecular complexity index is 1010. The van der Waals surface area contributed by atoms with Crippen molar-refractivity contribution in [2.45, 2.75) is 26.3 Å². The largest absolute Gasteiger partial charge is 0.340 e. The molecule has 0 radical (unpaired) electrons. The zero-order valence-corrected chi connectivity index (χ0v) is 16.0. The minimum Gasteiger partial charge on any atom is -0.340 e. The van der Waals surface area contributed by atoms with E-state index in [1.165, 1.54) is 4.68 Å². The molecule has 4 rings (SSSR count). The number of rotatable bonds is 4. The van der Waals surface area contributed by atoms with Crippen LogP contribution in [-0.4, -0.2) is 63.1 Å². The third-order valence-electron chi connectivity index (χ3n) is 5.08. The topological polar surface area (TPSA) is 62.9 Å². The zero-order valence-electron chi connectivity index (χ0n) is 15.1. The van der Waals surface area contributed by atoms with E-state index in [1.807, 2.05) is 33.7 Å². The molecule has 0 spiro atoms. The van der Waals surface area contributed by atoms with E-state index >= 15 is 0 Å². The van der Waals surface area contributed by atoms with E-state index in [2.05, 4.69) is 17.0 Å². The Morgan fingerprint density at radius 3 is 2.77 bits per heavy atom. The molecule has 3 aromatic rings. The summed E-state index contributed by atoms with van der Waals surface area (Å²) in [6, 6.07) is 3.95. The van der Waals surface area contributed by atoms with Crippen LogP contribution < -0.4 is 5.56 Å². The quantitative estimate of drug-likeness (QED) is 0.697. The molecule has 1 saturated heterocycles. The molecule has 4 heterocycles. The van der Waals surface area contributed by atoms with Gasteiger partial charge >= 0.3 is 0 Å². The molecule has 1 aliphatic rings. The van der Waals surface area contributed by atoms with Crippen LogP contribution in [0.2, 0.25) is 0 Å². The van der Waals surface area contributed by atoms with Gasteiger partial charge in [-0.2, -0.15) is 5.10 Å². The number of aromatic nitrogens is 3. The van der Waals surface area contributed by atoms with Crippen LogP contribution in [-0.2, 0) is 11.3 Å². The maximum Gasteiger partial charge on any atom is 0.291 e. The van der Waals surface area contributed by atoms with Crippen molar-refractivity contribution in [3.05, 3.63) is 33.7 Å². The molecule has 26 heavy (non-hydrogen) atoms. The molecule has 7 nitrogen and oxygen atoms in total. The summed E-state index contributed by atoms with van der Waals surface area (Å²) in [6.45, 7) is 5.81. The summed E-state index contributed by atoms with van der Waals surface area (Å²) >= 11 is 1.62. The van der Waals surface area contributed by atoms with E-state index in [4.69, 9.17) is 0 Å². The molecule has 0 N–H and O–H groups in total. The Labute approximate surface area is 155 Å². The number of likely N-dealkylation sites (N-methyl/N-ethyl adjacent to an activating group) is 1. The van der Waals surface area contributed by atoms with Crippen molar-refractivity contribution in [3.8, 4) is 0 Å². The van der Waals surface area contributed by atoms with Crippen LogP contribution in [0.5, 0.6) is 0 Å². The minimum atomic E-state index is -0.0916. The van der Waals surface area contributed by atoms with Gasteiger partial charge < -0.3 is 9.80 Å². The van der Waals surface area contributed by atoms with E-state index in [0.29, 0.717) is 24.9 Å². The monoisotopic (exact) mass is 373 g/mol. The van der Waals surface area contributed by atoms with Gasteiger partial charge in [-0.3, -0.25) is 14.0 Å². The van der Waals surface area contributed by atoms with Crippen molar-refractivity contribution in [3.63, 3.8) is 0 Å². The Balaban J connectivity index is 1.47. The first kappa shape index (κ1) is 17.2. The summed E-state index contributed by atoms with van der Waals surface area (Å²) in [6.07, 6.45) is 1.08. The van der Waals surface area contributed by atoms with Gasteiger partial charge in [0.2, 0.25) is 5.91 Å². The second kappa shape index (κ2) is 6.85. The fourth-order valence-electron chi connectivity index (χ4n) is 3.57. The van der Waals surface area contributed by atoms with Crippen LogP contribution in [0.1, 0.15) is 18.7 Å². The molecule has 8 heteroatoms. The van der Waals surface area contributed by atoms with Crippen molar-refractivity contribution >= 4 is 33.0 Å². The Hall–Kier alpha value is -2.19. The number of hydrogen-bond acceptors (Lipinski definition) is 5. The van der Waals surface area contributed by atoms with Gasteiger partial charge in [-0.05, 0) is 37.9 Å². The number of fused-ring (bicyclic) bond motifs is 3. The van der Waals surface area contributed by atoms with Gasteiger partial charge in [0.1, 0.15) is 11.3 Å². The summed E-state index contributed by atoms with van der Waals surface area (Å²) in [4.78, 5) is 29.2. The number of aryl methyl sites for hydroxylation is 2. The Kier molecular flexibility index (Phi) is 4.54. The highest BCUT2D eigenvalue weighted by Gasteiger charge is 2.19. The second-order valence-electron chi connectivity index (χ2n) is 6.90. The third kappa shape index (κ3) is 3.03. The predicted octanol–water partition coefficient (Wildman–Crippen LogP) is 1.57. The zero-order chi connectivity index (χ0) is 18.3. The van der Waals surface area contributed by atoms with E-state index in [9.17, 15) is 9.59 Å². The number of nitrogens with zero attached hydrogens (tertiary/aromatic N) is 5. The molecule has 1 aliphatic heterocycles. The summed E-state index contributed by atoms with van der Waals surface area (Å²) in [7, 11) is 2.07. The van der Waals surface area contributed by atoms with E-state index in [-0.39, 0.29) is 11.5 Å². The molecule has 0 aromatic carbocycles. The molecule has 0 saturated carbocycles. The average molecular weight is 373 g/mol. The van der Waals surface area contributed by atoms with Crippen LogP contribution in [0.25, 0.3) is 15.7 Å². The standard InChI is InChI=1S/C18H23N5O2S/c1-13-19-22(6-3-4-17(24)21-9-7-20(2)8-10-21)18(25)15-12-16-14(23(13)15)5-11-26-16/h5,11-12H,3-4,6-10H2,1-2H3. The number of amides is 1. The maximum absolute atomic E-state index is 12.7. The number of thiophene rings is 1. The second-order valence-corrected chi connectivity index (χ2v) is 7.85. The van der Waals surface area contributed by atoms with Gasteiger partial charge in [-0.25, -0.2) is 4.68 Å². The molecule has 0 unspecified atom stereocenters. The normalized spacial score (nSPS) is 16.0. The molecule has 3 aromatic heterocycles. The first-order chi connectivity index (χ1) is 12.5. The van der Waals surface area contributed by atoms with E-state index in [1.54, 1.807) is 11.3 Å². The molecule has 1 fully saturated rings. The molecule has 138 valence electrons. The Morgan fingerprint density at radius 2 is 2.00 bits per heavy atom. The van der Waals surface area contributed by atoms with Gasteiger partial charge in [0.05, 0.1) is 10.2 Å². The lowest BCUT2D eigenvalue weighted by molar-refractivity contribution is -0.132. The lowest BCUT2D eigenvalue weighted by Crippen LogP contribution is -2.47. The fourth-order valence-corrected chi connectivity index (χ4v) is 4.38. The lowest BCUT2D eigenvalue weighted by Gasteiger charge is -2.32. The highest BCUT2D eigenvalue weighted by molar-refractivity contribution is 7.17. The predicted molar refractivity (Wildman–Crippen MR) is 103 cm³/mol. The summed E-state index contributed by atoms with van der Waals surface area (Å²) in [5, 5.41) is 6.48. The SMILES string of the molecule is Cc1nn(CCCC(=O)N2CCN(C)CC2)c(=O)c2cc3sccc3n12. The number of piperazine rings is 1. The number of hydrogen-bond donors (Lipinski definition) is 0. The van der Waals surface area contributed by atoms with Crippen molar-refractivity contribution in [1.82, 2.24) is 24.0 Å². The van der Waals surface area contributed by atoms with Crippen LogP contribution >= 0.6 is 11.3 Å². The van der Waals surface area contributed by atoms with Crippen LogP contribution in [0.4, 0.5) is 0 Å². The van der Waals surface area contributed by atoms with Gasteiger partial charge in [0.15, 0.2) is 0 Å². The Morgan fingerprint density at radius 1 is 1.23 bits per heavy atom. The van der Waals surface area contributed by atoms with Crippen molar-refractivity contribution in [2.24, 2.45) is 0 Å². The first-order valence-electron chi connectivity index (χ1n) is 8.97. The minimum absolute atomic E-state index is 0.0916. The highest BCUT2D eigenvalue weighted by Crippen LogP contribution is 2.24. The van der Waals surface area contributed by atoms with Gasteiger partial charge in [-0.1, -0.05) is 0 Å². The highest BCUT2D eigenvalue weighted by atomic mass is 32.1. The van der Waals surface area contributed by atoms with E-state index < -0.39 is 0 Å². The molecular weight excluding hydrogens is 350 g/mol. The smallest absolute Gasteiger partial charge is 0.291 e. The third-order valence-corrected chi connectivity index (χ3v) is 5.94. The van der Waals surface area contributed by atoms with Crippen LogP contribution in [0.3, 0.4) is 0 Å². The molecule has 0 aliphatic carbocycles. The fraction of sp³-hybridized carbons (Fsp3) is 0.500. The number of carbonyl (C=O) groups is 1. The van der Waals surface area contributed by atoms with Crippen LogP contribution in [0, 0.1) is 6.92 Å². The maximum atomic E-state index is 12.7. The molecule has 0 bridgehead atoms. The van der Waals surface area contributed by atoms with Crippen molar-refractivity contribution in [2.75, 3.05) is 33.2 Å². The van der Waals surface area contributed by atoms with Crippen molar-refractivity contribution in [1.29, 1.82) is 0 Å². The summed E-state index contributed by atoms with van der Waals surface area (Å²) < 4.78 is 4.51.